The number of amides is 1. The third-order valence-corrected chi connectivity index (χ3v) is 4.56. The molecule has 130 valence electrons. The summed E-state index contributed by atoms with van der Waals surface area (Å²) in [6.45, 7) is 0.126. The highest BCUT2D eigenvalue weighted by molar-refractivity contribution is 6.32. The first-order valence-electron chi connectivity index (χ1n) is 7.87. The van der Waals surface area contributed by atoms with Crippen molar-refractivity contribution in [2.24, 2.45) is 0 Å². The van der Waals surface area contributed by atoms with Crippen LogP contribution in [0.15, 0.2) is 30.3 Å². The van der Waals surface area contributed by atoms with E-state index >= 15 is 0 Å². The number of fused-ring (bicyclic) bond motifs is 1. The fourth-order valence-corrected chi connectivity index (χ4v) is 3.11. The second-order valence-electron chi connectivity index (χ2n) is 6.09. The Morgan fingerprint density at radius 2 is 2.00 bits per heavy atom. The molecule has 1 amide bonds. The summed E-state index contributed by atoms with van der Waals surface area (Å²) in [7, 11) is 0. The van der Waals surface area contributed by atoms with Crippen molar-refractivity contribution >= 4 is 17.5 Å². The maximum Gasteiger partial charge on any atom is 0.254 e. The Kier molecular flexibility index (Phi) is 4.00. The Bertz CT molecular complexity index is 854. The number of benzene rings is 2. The van der Waals surface area contributed by atoms with Gasteiger partial charge in [-0.1, -0.05) is 17.7 Å². The van der Waals surface area contributed by atoms with E-state index in [-0.39, 0.29) is 30.9 Å². The van der Waals surface area contributed by atoms with Gasteiger partial charge in [0.15, 0.2) is 11.5 Å². The lowest BCUT2D eigenvalue weighted by atomic mass is 10.1. The molecule has 0 unspecified atom stereocenters. The van der Waals surface area contributed by atoms with Crippen LogP contribution in [-0.4, -0.2) is 23.6 Å². The Labute approximate surface area is 147 Å². The van der Waals surface area contributed by atoms with E-state index in [1.165, 1.54) is 18.2 Å². The number of halogens is 3. The summed E-state index contributed by atoms with van der Waals surface area (Å²) in [6.07, 6.45) is 1.71. The molecule has 0 saturated heterocycles. The van der Waals surface area contributed by atoms with Crippen LogP contribution in [0.3, 0.4) is 0 Å². The third kappa shape index (κ3) is 3.14. The number of ether oxygens (including phenoxy) is 2. The topological polar surface area (TPSA) is 38.8 Å². The SMILES string of the molecule is O=C(c1cc(Cl)c2c(c1)OCO2)N(Cc1ccc(F)cc1F)C1CC1. The van der Waals surface area contributed by atoms with Crippen LogP contribution in [0.4, 0.5) is 8.78 Å². The number of hydrogen-bond acceptors (Lipinski definition) is 3. The van der Waals surface area contributed by atoms with E-state index in [2.05, 4.69) is 0 Å². The summed E-state index contributed by atoms with van der Waals surface area (Å²) in [5.74, 6) is -0.748. The van der Waals surface area contributed by atoms with Gasteiger partial charge in [0.2, 0.25) is 6.79 Å². The quantitative estimate of drug-likeness (QED) is 0.817. The fourth-order valence-electron chi connectivity index (χ4n) is 2.84. The Morgan fingerprint density at radius 1 is 1.20 bits per heavy atom. The Morgan fingerprint density at radius 3 is 2.72 bits per heavy atom. The summed E-state index contributed by atoms with van der Waals surface area (Å²) in [6, 6.07) is 6.51. The predicted molar refractivity (Wildman–Crippen MR) is 86.8 cm³/mol. The number of carbonyl (C=O) groups excluding carboxylic acids is 1. The van der Waals surface area contributed by atoms with Crippen molar-refractivity contribution in [2.75, 3.05) is 6.79 Å². The van der Waals surface area contributed by atoms with Crippen LogP contribution in [0.25, 0.3) is 0 Å². The molecule has 1 saturated carbocycles. The lowest BCUT2D eigenvalue weighted by Crippen LogP contribution is -2.33. The number of rotatable bonds is 4. The largest absolute Gasteiger partial charge is 0.454 e. The minimum atomic E-state index is -0.665. The smallest absolute Gasteiger partial charge is 0.254 e. The maximum absolute atomic E-state index is 14.0. The van der Waals surface area contributed by atoms with E-state index in [4.69, 9.17) is 21.1 Å². The van der Waals surface area contributed by atoms with Gasteiger partial charge in [-0.2, -0.15) is 0 Å². The third-order valence-electron chi connectivity index (χ3n) is 4.28. The second kappa shape index (κ2) is 6.19. The van der Waals surface area contributed by atoms with Gasteiger partial charge in [-0.05, 0) is 31.0 Å². The molecule has 7 heteroatoms. The van der Waals surface area contributed by atoms with E-state index in [9.17, 15) is 13.6 Å². The first kappa shape index (κ1) is 16.1. The van der Waals surface area contributed by atoms with Gasteiger partial charge in [-0.3, -0.25) is 4.79 Å². The van der Waals surface area contributed by atoms with E-state index in [1.54, 1.807) is 11.0 Å². The summed E-state index contributed by atoms with van der Waals surface area (Å²) in [4.78, 5) is 14.5. The van der Waals surface area contributed by atoms with Gasteiger partial charge in [-0.15, -0.1) is 0 Å². The molecule has 2 aromatic carbocycles. The number of hydrogen-bond donors (Lipinski definition) is 0. The predicted octanol–water partition coefficient (Wildman–Crippen LogP) is 4.15. The lowest BCUT2D eigenvalue weighted by molar-refractivity contribution is 0.0728. The lowest BCUT2D eigenvalue weighted by Gasteiger charge is -2.23. The molecule has 1 heterocycles. The average molecular weight is 366 g/mol. The van der Waals surface area contributed by atoms with Gasteiger partial charge in [0, 0.05) is 29.8 Å². The van der Waals surface area contributed by atoms with Crippen LogP contribution in [0.2, 0.25) is 5.02 Å². The van der Waals surface area contributed by atoms with Gasteiger partial charge in [0.1, 0.15) is 11.6 Å². The van der Waals surface area contributed by atoms with Crippen molar-refractivity contribution in [3.8, 4) is 11.5 Å². The van der Waals surface area contributed by atoms with Crippen molar-refractivity contribution in [1.29, 1.82) is 0 Å². The molecule has 25 heavy (non-hydrogen) atoms. The summed E-state index contributed by atoms with van der Waals surface area (Å²) >= 11 is 6.14. The van der Waals surface area contributed by atoms with Crippen molar-refractivity contribution in [3.05, 3.63) is 58.1 Å². The zero-order chi connectivity index (χ0) is 17.6. The van der Waals surface area contributed by atoms with Crippen LogP contribution in [0.5, 0.6) is 11.5 Å². The monoisotopic (exact) mass is 365 g/mol. The van der Waals surface area contributed by atoms with Crippen LogP contribution >= 0.6 is 11.6 Å². The molecule has 1 aliphatic carbocycles. The zero-order valence-electron chi connectivity index (χ0n) is 13.1. The molecule has 0 aromatic heterocycles. The molecule has 4 nitrogen and oxygen atoms in total. The standard InChI is InChI=1S/C18H14ClF2NO3/c19-14-5-11(6-16-17(14)25-9-24-16)18(23)22(13-3-4-13)8-10-1-2-12(20)7-15(10)21/h1-2,5-7,13H,3-4,8-9H2. The average Bonchev–Trinajstić information content (AvgIpc) is 3.30. The summed E-state index contributed by atoms with van der Waals surface area (Å²) in [5.41, 5.74) is 0.622. The van der Waals surface area contributed by atoms with Crippen LogP contribution in [0, 0.1) is 11.6 Å². The molecular weight excluding hydrogens is 352 g/mol. The molecule has 4 rings (SSSR count). The zero-order valence-corrected chi connectivity index (χ0v) is 13.9. The van der Waals surface area contributed by atoms with Gasteiger partial charge in [0.05, 0.1) is 5.02 Å². The van der Waals surface area contributed by atoms with Crippen LogP contribution < -0.4 is 9.47 Å². The van der Waals surface area contributed by atoms with Crippen molar-refractivity contribution in [1.82, 2.24) is 4.90 Å². The van der Waals surface area contributed by atoms with Crippen molar-refractivity contribution in [3.63, 3.8) is 0 Å². The molecule has 0 radical (unpaired) electrons. The highest BCUT2D eigenvalue weighted by Gasteiger charge is 2.34. The highest BCUT2D eigenvalue weighted by Crippen LogP contribution is 2.40. The summed E-state index contributed by atoms with van der Waals surface area (Å²) < 4.78 is 37.6. The number of nitrogens with zero attached hydrogens (tertiary/aromatic N) is 1. The van der Waals surface area contributed by atoms with Crippen LogP contribution in [-0.2, 0) is 6.54 Å². The van der Waals surface area contributed by atoms with Crippen molar-refractivity contribution in [2.45, 2.75) is 25.4 Å². The first-order chi connectivity index (χ1) is 12.0. The molecule has 0 atom stereocenters. The van der Waals surface area contributed by atoms with Gasteiger partial charge >= 0.3 is 0 Å². The molecule has 0 spiro atoms. The molecule has 2 aromatic rings. The van der Waals surface area contributed by atoms with Gasteiger partial charge < -0.3 is 14.4 Å². The van der Waals surface area contributed by atoms with Crippen molar-refractivity contribution < 1.29 is 23.0 Å². The Balaban J connectivity index is 1.63. The van der Waals surface area contributed by atoms with E-state index < -0.39 is 11.6 Å². The van der Waals surface area contributed by atoms with Crippen LogP contribution in [0.1, 0.15) is 28.8 Å². The molecule has 0 N–H and O–H groups in total. The minimum Gasteiger partial charge on any atom is -0.454 e. The van der Waals surface area contributed by atoms with E-state index in [1.807, 2.05) is 0 Å². The minimum absolute atomic E-state index is 0.0427. The summed E-state index contributed by atoms with van der Waals surface area (Å²) in [5, 5.41) is 0.294. The molecule has 1 fully saturated rings. The van der Waals surface area contributed by atoms with E-state index in [0.29, 0.717) is 22.1 Å². The molecular formula is C18H14ClF2NO3. The maximum atomic E-state index is 14.0. The Hall–Kier alpha value is -2.34. The second-order valence-corrected chi connectivity index (χ2v) is 6.50. The van der Waals surface area contributed by atoms with E-state index in [0.717, 1.165) is 18.9 Å². The molecule has 1 aliphatic heterocycles. The normalized spacial score (nSPS) is 15.3. The number of carbonyl (C=O) groups is 1. The fraction of sp³-hybridized carbons (Fsp3) is 0.278. The highest BCUT2D eigenvalue weighted by atomic mass is 35.5. The molecule has 0 bridgehead atoms. The van der Waals surface area contributed by atoms with Gasteiger partial charge in [0.25, 0.3) is 5.91 Å². The van der Waals surface area contributed by atoms with Gasteiger partial charge in [-0.25, -0.2) is 8.78 Å². The molecule has 2 aliphatic rings. The first-order valence-corrected chi connectivity index (χ1v) is 8.25.